The Morgan fingerprint density at radius 3 is 2.31 bits per heavy atom. The first-order chi connectivity index (χ1) is 17.7. The highest BCUT2D eigenvalue weighted by molar-refractivity contribution is 5.78. The fourth-order valence-electron chi connectivity index (χ4n) is 5.02. The highest BCUT2D eigenvalue weighted by Gasteiger charge is 2.26. The molecule has 2 saturated heterocycles. The molecule has 2 aliphatic heterocycles. The van der Waals surface area contributed by atoms with Gasteiger partial charge in [-0.2, -0.15) is 4.98 Å². The van der Waals surface area contributed by atoms with Crippen molar-refractivity contribution >= 4 is 5.91 Å². The molecule has 8 heteroatoms. The van der Waals surface area contributed by atoms with E-state index in [1.165, 1.54) is 31.5 Å². The number of aromatic nitrogens is 2. The number of hydrogen-bond acceptors (Lipinski definition) is 7. The Morgan fingerprint density at radius 2 is 1.61 bits per heavy atom. The van der Waals surface area contributed by atoms with Crippen molar-refractivity contribution in [2.24, 2.45) is 5.92 Å². The number of ether oxygens (including phenoxy) is 1. The maximum atomic E-state index is 12.8. The van der Waals surface area contributed by atoms with Crippen LogP contribution in [0.4, 0.5) is 0 Å². The van der Waals surface area contributed by atoms with Gasteiger partial charge in [0.05, 0.1) is 13.7 Å². The molecule has 0 atom stereocenters. The van der Waals surface area contributed by atoms with Gasteiger partial charge in [-0.05, 0) is 87.3 Å². The molecule has 0 spiro atoms. The fourth-order valence-corrected chi connectivity index (χ4v) is 5.02. The van der Waals surface area contributed by atoms with Crippen LogP contribution in [0.1, 0.15) is 42.7 Å². The number of rotatable bonds is 9. The summed E-state index contributed by atoms with van der Waals surface area (Å²) in [6.07, 6.45) is 4.29. The summed E-state index contributed by atoms with van der Waals surface area (Å²) in [5.74, 6) is 2.16. The van der Waals surface area contributed by atoms with Gasteiger partial charge >= 0.3 is 0 Å². The van der Waals surface area contributed by atoms with E-state index in [9.17, 15) is 4.79 Å². The average molecular weight is 490 g/mol. The Labute approximate surface area is 212 Å². The molecule has 190 valence electrons. The van der Waals surface area contributed by atoms with Crippen molar-refractivity contribution < 1.29 is 14.1 Å². The number of likely N-dealkylation sites (tertiary alicyclic amines) is 2. The summed E-state index contributed by atoms with van der Waals surface area (Å²) in [6.45, 7) is 6.29. The number of methoxy groups -OCH3 is 1. The normalized spacial score (nSPS) is 17.4. The summed E-state index contributed by atoms with van der Waals surface area (Å²) in [5.41, 5.74) is 3.38. The third kappa shape index (κ3) is 6.30. The molecule has 0 aliphatic carbocycles. The van der Waals surface area contributed by atoms with Gasteiger partial charge in [-0.15, -0.1) is 0 Å². The maximum Gasteiger partial charge on any atom is 0.241 e. The monoisotopic (exact) mass is 489 g/mol. The predicted molar refractivity (Wildman–Crippen MR) is 137 cm³/mol. The van der Waals surface area contributed by atoms with Crippen LogP contribution in [0.5, 0.6) is 5.75 Å². The second-order valence-corrected chi connectivity index (χ2v) is 9.81. The second-order valence-electron chi connectivity index (χ2n) is 9.81. The van der Waals surface area contributed by atoms with E-state index in [4.69, 9.17) is 9.26 Å². The molecule has 2 fully saturated rings. The van der Waals surface area contributed by atoms with Crippen LogP contribution in [-0.4, -0.2) is 59.1 Å². The van der Waals surface area contributed by atoms with Gasteiger partial charge in [0, 0.05) is 24.6 Å². The van der Waals surface area contributed by atoms with Gasteiger partial charge in [-0.1, -0.05) is 29.4 Å². The van der Waals surface area contributed by atoms with Crippen molar-refractivity contribution in [1.29, 1.82) is 0 Å². The molecule has 0 radical (unpaired) electrons. The number of carbonyl (C=O) groups excluding carboxylic acids is 1. The molecular weight excluding hydrogens is 454 g/mol. The molecule has 3 aromatic rings. The van der Waals surface area contributed by atoms with Crippen molar-refractivity contribution in [1.82, 2.24) is 25.3 Å². The molecule has 36 heavy (non-hydrogen) atoms. The van der Waals surface area contributed by atoms with Gasteiger partial charge in [0.25, 0.3) is 0 Å². The molecule has 8 nitrogen and oxygen atoms in total. The fraction of sp³-hybridized carbons (Fsp3) is 0.464. The van der Waals surface area contributed by atoms with Gasteiger partial charge in [-0.25, -0.2) is 0 Å². The molecule has 3 heterocycles. The molecular formula is C28H35N5O3. The summed E-state index contributed by atoms with van der Waals surface area (Å²) in [5, 5.41) is 7.25. The van der Waals surface area contributed by atoms with E-state index < -0.39 is 0 Å². The summed E-state index contributed by atoms with van der Waals surface area (Å²) >= 11 is 0. The number of nitrogens with one attached hydrogen (secondary N) is 1. The van der Waals surface area contributed by atoms with Gasteiger partial charge < -0.3 is 14.6 Å². The maximum absolute atomic E-state index is 12.8. The molecule has 2 aromatic carbocycles. The average Bonchev–Trinajstić information content (AvgIpc) is 3.61. The Morgan fingerprint density at radius 1 is 0.944 bits per heavy atom. The van der Waals surface area contributed by atoms with Crippen LogP contribution in [0.3, 0.4) is 0 Å². The summed E-state index contributed by atoms with van der Waals surface area (Å²) in [6, 6.07) is 16.3. The first-order valence-electron chi connectivity index (χ1n) is 12.9. The van der Waals surface area contributed by atoms with Gasteiger partial charge in [-0.3, -0.25) is 14.6 Å². The number of hydrogen-bond donors (Lipinski definition) is 1. The van der Waals surface area contributed by atoms with Crippen LogP contribution in [0.15, 0.2) is 53.1 Å². The molecule has 0 unspecified atom stereocenters. The third-order valence-electron chi connectivity index (χ3n) is 7.23. The highest BCUT2D eigenvalue weighted by atomic mass is 16.5. The SMILES string of the molecule is COc1ccc(-c2noc(CN3CCC(C(=O)NCc4ccc(CN5CCCC5)cc4)CC3)n2)cc1. The summed E-state index contributed by atoms with van der Waals surface area (Å²) in [4.78, 5) is 22.1. The zero-order chi connectivity index (χ0) is 24.7. The van der Waals surface area contributed by atoms with E-state index >= 15 is 0 Å². The van der Waals surface area contributed by atoms with E-state index in [-0.39, 0.29) is 11.8 Å². The van der Waals surface area contributed by atoms with Crippen molar-refractivity contribution in [2.45, 2.75) is 45.3 Å². The van der Waals surface area contributed by atoms with E-state index in [1.54, 1.807) is 7.11 Å². The van der Waals surface area contributed by atoms with E-state index in [0.717, 1.165) is 49.4 Å². The van der Waals surface area contributed by atoms with E-state index in [2.05, 4.69) is 49.5 Å². The molecule has 0 saturated carbocycles. The second kappa shape index (κ2) is 11.7. The Hall–Kier alpha value is -3.23. The molecule has 5 rings (SSSR count). The number of nitrogens with zero attached hydrogens (tertiary/aromatic N) is 4. The van der Waals surface area contributed by atoms with Crippen molar-refractivity contribution in [3.05, 3.63) is 65.5 Å². The minimum atomic E-state index is 0.0493. The standard InChI is InChI=1S/C28H35N5O3/c1-35-25-10-8-23(9-11-25)27-30-26(36-31-27)20-33-16-12-24(13-17-33)28(34)29-18-21-4-6-22(7-5-21)19-32-14-2-3-15-32/h4-11,24H,2-3,12-20H2,1H3,(H,29,34). The van der Waals surface area contributed by atoms with E-state index in [1.807, 2.05) is 24.3 Å². The minimum absolute atomic E-state index is 0.0493. The quantitative estimate of drug-likeness (QED) is 0.489. The first kappa shape index (κ1) is 24.5. The van der Waals surface area contributed by atoms with Gasteiger partial charge in [0.1, 0.15) is 5.75 Å². The van der Waals surface area contributed by atoms with Crippen LogP contribution in [-0.2, 0) is 24.4 Å². The van der Waals surface area contributed by atoms with Gasteiger partial charge in [0.15, 0.2) is 0 Å². The molecule has 1 aromatic heterocycles. The van der Waals surface area contributed by atoms with Crippen LogP contribution in [0.2, 0.25) is 0 Å². The van der Waals surface area contributed by atoms with Crippen LogP contribution in [0.25, 0.3) is 11.4 Å². The third-order valence-corrected chi connectivity index (χ3v) is 7.23. The largest absolute Gasteiger partial charge is 0.497 e. The zero-order valence-corrected chi connectivity index (χ0v) is 21.0. The Kier molecular flexibility index (Phi) is 7.93. The lowest BCUT2D eigenvalue weighted by Gasteiger charge is -2.30. The number of amides is 1. The summed E-state index contributed by atoms with van der Waals surface area (Å²) in [7, 11) is 1.64. The van der Waals surface area contributed by atoms with Gasteiger partial charge in [0.2, 0.25) is 17.6 Å². The molecule has 1 amide bonds. The molecule has 0 bridgehead atoms. The number of piperidine rings is 1. The van der Waals surface area contributed by atoms with Crippen molar-refractivity contribution in [3.63, 3.8) is 0 Å². The van der Waals surface area contributed by atoms with Crippen LogP contribution in [0, 0.1) is 5.92 Å². The van der Waals surface area contributed by atoms with E-state index in [0.29, 0.717) is 24.8 Å². The predicted octanol–water partition coefficient (Wildman–Crippen LogP) is 3.87. The first-order valence-corrected chi connectivity index (χ1v) is 12.9. The Bertz CT molecular complexity index is 1110. The Balaban J connectivity index is 1.04. The molecule has 2 aliphatic rings. The van der Waals surface area contributed by atoms with Crippen molar-refractivity contribution in [2.75, 3.05) is 33.3 Å². The smallest absolute Gasteiger partial charge is 0.241 e. The minimum Gasteiger partial charge on any atom is -0.497 e. The topological polar surface area (TPSA) is 83.7 Å². The lowest BCUT2D eigenvalue weighted by molar-refractivity contribution is -0.126. The summed E-state index contributed by atoms with van der Waals surface area (Å²) < 4.78 is 10.7. The number of carbonyl (C=O) groups is 1. The van der Waals surface area contributed by atoms with Crippen molar-refractivity contribution in [3.8, 4) is 17.1 Å². The lowest BCUT2D eigenvalue weighted by Crippen LogP contribution is -2.40. The van der Waals surface area contributed by atoms with Crippen LogP contribution < -0.4 is 10.1 Å². The lowest BCUT2D eigenvalue weighted by atomic mass is 9.96. The number of benzene rings is 2. The highest BCUT2D eigenvalue weighted by Crippen LogP contribution is 2.22. The van der Waals surface area contributed by atoms with Crippen LogP contribution >= 0.6 is 0 Å². The zero-order valence-electron chi connectivity index (χ0n) is 21.0. The molecule has 1 N–H and O–H groups in total.